The summed E-state index contributed by atoms with van der Waals surface area (Å²) in [6.45, 7) is 1.61. The second-order valence-electron chi connectivity index (χ2n) is 6.14. The van der Waals surface area contributed by atoms with E-state index in [0.717, 1.165) is 31.1 Å². The van der Waals surface area contributed by atoms with E-state index in [0.29, 0.717) is 17.9 Å². The summed E-state index contributed by atoms with van der Waals surface area (Å²) in [6.07, 6.45) is 7.04. The summed E-state index contributed by atoms with van der Waals surface area (Å²) in [5, 5.41) is 15.4. The molecule has 0 spiro atoms. The van der Waals surface area contributed by atoms with Gasteiger partial charge in [0.05, 0.1) is 23.6 Å². The van der Waals surface area contributed by atoms with Crippen LogP contribution >= 0.6 is 0 Å². The molecular weight excluding hydrogens is 323 g/mol. The molecule has 1 aromatic carbocycles. The summed E-state index contributed by atoms with van der Waals surface area (Å²) >= 11 is 0. The molecule has 25 heavy (non-hydrogen) atoms. The zero-order valence-corrected chi connectivity index (χ0v) is 13.6. The van der Waals surface area contributed by atoms with E-state index in [1.54, 1.807) is 18.3 Å². The molecule has 6 nitrogen and oxygen atoms in total. The van der Waals surface area contributed by atoms with Crippen molar-refractivity contribution >= 4 is 17.9 Å². The number of carboxylic acid groups (broad SMARTS) is 1. The first-order valence-corrected chi connectivity index (χ1v) is 8.01. The average Bonchev–Trinajstić information content (AvgIpc) is 3.02. The second kappa shape index (κ2) is 7.40. The molecule has 1 saturated heterocycles. The number of aromatic nitrogens is 2. The Labute approximate surface area is 144 Å². The number of nitrogens with zero attached hydrogens (tertiary/aromatic N) is 2. The summed E-state index contributed by atoms with van der Waals surface area (Å²) in [6, 6.07) is 6.61. The predicted octanol–water partition coefficient (Wildman–Crippen LogP) is 2.10. The van der Waals surface area contributed by atoms with Crippen LogP contribution in [0.3, 0.4) is 0 Å². The summed E-state index contributed by atoms with van der Waals surface area (Å²) < 4.78 is 13.5. The van der Waals surface area contributed by atoms with E-state index in [1.165, 1.54) is 18.3 Å². The quantitative estimate of drug-likeness (QED) is 0.697. The van der Waals surface area contributed by atoms with Crippen LogP contribution < -0.4 is 10.6 Å². The molecular formula is C18H19FN4O2. The maximum atomic E-state index is 13.5. The van der Waals surface area contributed by atoms with Gasteiger partial charge in [-0.25, -0.2) is 14.2 Å². The lowest BCUT2D eigenvalue weighted by molar-refractivity contribution is -0.131. The van der Waals surface area contributed by atoms with Gasteiger partial charge in [0.1, 0.15) is 11.6 Å². The van der Waals surface area contributed by atoms with E-state index in [4.69, 9.17) is 5.11 Å². The molecule has 0 amide bonds. The zero-order valence-electron chi connectivity index (χ0n) is 13.6. The van der Waals surface area contributed by atoms with Crippen LogP contribution in [0.1, 0.15) is 17.7 Å². The van der Waals surface area contributed by atoms with Crippen LogP contribution in [0.4, 0.5) is 10.2 Å². The highest BCUT2D eigenvalue weighted by Crippen LogP contribution is 2.25. The number of rotatable bonds is 6. The van der Waals surface area contributed by atoms with E-state index in [2.05, 4.69) is 20.6 Å². The number of halogens is 1. The van der Waals surface area contributed by atoms with Gasteiger partial charge in [0.15, 0.2) is 0 Å². The van der Waals surface area contributed by atoms with Crippen molar-refractivity contribution < 1.29 is 14.3 Å². The third kappa shape index (κ3) is 4.60. The molecule has 0 aliphatic carbocycles. The van der Waals surface area contributed by atoms with Crippen LogP contribution in [0.15, 0.2) is 42.7 Å². The Morgan fingerprint density at radius 2 is 2.28 bits per heavy atom. The van der Waals surface area contributed by atoms with Gasteiger partial charge in [-0.05, 0) is 43.2 Å². The molecule has 1 atom stereocenters. The molecule has 130 valence electrons. The molecule has 3 N–H and O–H groups in total. The fourth-order valence-electron chi connectivity index (χ4n) is 3.00. The number of carbonyl (C=O) groups is 1. The minimum Gasteiger partial charge on any atom is -0.478 e. The molecule has 7 heteroatoms. The van der Waals surface area contributed by atoms with Crippen molar-refractivity contribution in [1.82, 2.24) is 15.3 Å². The molecule has 1 fully saturated rings. The molecule has 2 heterocycles. The summed E-state index contributed by atoms with van der Waals surface area (Å²) in [7, 11) is 0. The van der Waals surface area contributed by atoms with Crippen LogP contribution in [-0.4, -0.2) is 39.7 Å². The Morgan fingerprint density at radius 3 is 2.92 bits per heavy atom. The molecule has 3 rings (SSSR count). The Hall–Kier alpha value is -2.80. The Bertz CT molecular complexity index is 771. The van der Waals surface area contributed by atoms with Gasteiger partial charge in [0.25, 0.3) is 0 Å². The molecule has 1 aliphatic heterocycles. The van der Waals surface area contributed by atoms with Gasteiger partial charge >= 0.3 is 5.97 Å². The molecule has 0 bridgehead atoms. The van der Waals surface area contributed by atoms with E-state index in [1.807, 2.05) is 6.07 Å². The second-order valence-corrected chi connectivity index (χ2v) is 6.14. The van der Waals surface area contributed by atoms with Gasteiger partial charge in [-0.2, -0.15) is 0 Å². The van der Waals surface area contributed by atoms with E-state index in [-0.39, 0.29) is 11.4 Å². The minimum absolute atomic E-state index is 0.243. The number of hydrogen-bond donors (Lipinski definition) is 3. The first-order valence-electron chi connectivity index (χ1n) is 8.01. The van der Waals surface area contributed by atoms with Crippen molar-refractivity contribution in [2.45, 2.75) is 18.4 Å². The van der Waals surface area contributed by atoms with Gasteiger partial charge in [-0.3, -0.25) is 4.98 Å². The first-order chi connectivity index (χ1) is 12.0. The normalized spacial score (nSPS) is 20.0. The standard InChI is InChI=1S/C18H19FN4O2/c19-14-3-1-2-13(8-14)9-18(6-7-20-12-18)23-16-11-21-15(10-22-16)4-5-17(24)25/h1-5,8,10-11,20H,6-7,9,12H2,(H,22,23)(H,24,25)/b5-4+/t18-/m0/s1. The van der Waals surface area contributed by atoms with Crippen molar-refractivity contribution in [2.75, 3.05) is 18.4 Å². The molecule has 0 saturated carbocycles. The van der Waals surface area contributed by atoms with Gasteiger partial charge in [0, 0.05) is 12.6 Å². The maximum Gasteiger partial charge on any atom is 0.328 e. The number of aliphatic carboxylic acids is 1. The highest BCUT2D eigenvalue weighted by molar-refractivity contribution is 5.84. The molecule has 1 aliphatic rings. The number of benzene rings is 1. The molecule has 2 aromatic rings. The van der Waals surface area contributed by atoms with Crippen molar-refractivity contribution in [3.63, 3.8) is 0 Å². The Morgan fingerprint density at radius 1 is 1.40 bits per heavy atom. The highest BCUT2D eigenvalue weighted by Gasteiger charge is 2.34. The molecule has 1 aromatic heterocycles. The summed E-state index contributed by atoms with van der Waals surface area (Å²) in [5.41, 5.74) is 1.13. The number of hydrogen-bond acceptors (Lipinski definition) is 5. The van der Waals surface area contributed by atoms with Crippen LogP contribution in [0.25, 0.3) is 6.08 Å². The predicted molar refractivity (Wildman–Crippen MR) is 92.6 cm³/mol. The largest absolute Gasteiger partial charge is 0.478 e. The lowest BCUT2D eigenvalue weighted by Gasteiger charge is -2.30. The molecule has 0 unspecified atom stereocenters. The van der Waals surface area contributed by atoms with Gasteiger partial charge in [-0.15, -0.1) is 0 Å². The Kier molecular flexibility index (Phi) is 5.04. The van der Waals surface area contributed by atoms with Crippen molar-refractivity contribution in [3.8, 4) is 0 Å². The topological polar surface area (TPSA) is 87.1 Å². The van der Waals surface area contributed by atoms with Crippen molar-refractivity contribution in [1.29, 1.82) is 0 Å². The lowest BCUT2D eigenvalue weighted by Crippen LogP contribution is -2.43. The lowest BCUT2D eigenvalue weighted by atomic mass is 9.90. The highest BCUT2D eigenvalue weighted by atomic mass is 19.1. The van der Waals surface area contributed by atoms with E-state index < -0.39 is 5.97 Å². The fourth-order valence-corrected chi connectivity index (χ4v) is 3.00. The maximum absolute atomic E-state index is 13.5. The van der Waals surface area contributed by atoms with Crippen molar-refractivity contribution in [3.05, 3.63) is 59.8 Å². The number of nitrogens with one attached hydrogen (secondary N) is 2. The van der Waals surface area contributed by atoms with Crippen LogP contribution in [0, 0.1) is 5.82 Å². The van der Waals surface area contributed by atoms with Crippen LogP contribution in [0.2, 0.25) is 0 Å². The molecule has 0 radical (unpaired) electrons. The SMILES string of the molecule is O=C(O)/C=C/c1cnc(N[C@]2(Cc3cccc(F)c3)CCNC2)cn1. The zero-order chi connectivity index (χ0) is 17.7. The Balaban J connectivity index is 1.74. The fraction of sp³-hybridized carbons (Fsp3) is 0.278. The average molecular weight is 342 g/mol. The van der Waals surface area contributed by atoms with Gasteiger partial charge in [0.2, 0.25) is 0 Å². The minimum atomic E-state index is -1.03. The van der Waals surface area contributed by atoms with Gasteiger partial charge in [-0.1, -0.05) is 12.1 Å². The third-order valence-corrected chi connectivity index (χ3v) is 4.14. The van der Waals surface area contributed by atoms with Crippen molar-refractivity contribution in [2.24, 2.45) is 0 Å². The summed E-state index contributed by atoms with van der Waals surface area (Å²) in [4.78, 5) is 19.0. The van der Waals surface area contributed by atoms with Crippen LogP contribution in [-0.2, 0) is 11.2 Å². The number of anilines is 1. The van der Waals surface area contributed by atoms with E-state index in [9.17, 15) is 9.18 Å². The van der Waals surface area contributed by atoms with Gasteiger partial charge < -0.3 is 15.7 Å². The smallest absolute Gasteiger partial charge is 0.328 e. The monoisotopic (exact) mass is 342 g/mol. The first kappa shape index (κ1) is 17.0. The summed E-state index contributed by atoms with van der Waals surface area (Å²) in [5.74, 6) is -0.671. The third-order valence-electron chi connectivity index (χ3n) is 4.14. The number of carboxylic acids is 1. The van der Waals surface area contributed by atoms with Crippen LogP contribution in [0.5, 0.6) is 0 Å². The van der Waals surface area contributed by atoms with E-state index >= 15 is 0 Å².